The molecule has 0 unspecified atom stereocenters. The van der Waals surface area contributed by atoms with Crippen molar-refractivity contribution in [2.24, 2.45) is 0 Å². The SMILES string of the molecule is O[C@H]1CC[C@H](Nc2ccc3nccn3n2)CC1. The summed E-state index contributed by atoms with van der Waals surface area (Å²) in [6.45, 7) is 0. The van der Waals surface area contributed by atoms with Gasteiger partial charge in [0.15, 0.2) is 5.65 Å². The van der Waals surface area contributed by atoms with Crippen molar-refractivity contribution in [3.63, 3.8) is 0 Å². The molecule has 0 aromatic carbocycles. The van der Waals surface area contributed by atoms with Crippen molar-refractivity contribution in [3.05, 3.63) is 24.5 Å². The third-order valence-corrected chi connectivity index (χ3v) is 3.30. The van der Waals surface area contributed by atoms with E-state index in [9.17, 15) is 5.11 Å². The van der Waals surface area contributed by atoms with E-state index >= 15 is 0 Å². The average molecular weight is 232 g/mol. The van der Waals surface area contributed by atoms with Crippen molar-refractivity contribution in [1.29, 1.82) is 0 Å². The highest BCUT2D eigenvalue weighted by Gasteiger charge is 2.19. The number of imidazole rings is 1. The summed E-state index contributed by atoms with van der Waals surface area (Å²) in [4.78, 5) is 4.16. The maximum Gasteiger partial charge on any atom is 0.153 e. The van der Waals surface area contributed by atoms with E-state index in [0.717, 1.165) is 37.1 Å². The van der Waals surface area contributed by atoms with Crippen molar-refractivity contribution in [1.82, 2.24) is 14.6 Å². The van der Waals surface area contributed by atoms with Crippen LogP contribution in [-0.4, -0.2) is 31.9 Å². The van der Waals surface area contributed by atoms with E-state index in [-0.39, 0.29) is 6.10 Å². The third kappa shape index (κ3) is 2.24. The molecule has 2 heterocycles. The fourth-order valence-corrected chi connectivity index (χ4v) is 2.32. The number of hydrogen-bond acceptors (Lipinski definition) is 4. The van der Waals surface area contributed by atoms with Crippen LogP contribution >= 0.6 is 0 Å². The highest BCUT2D eigenvalue weighted by Crippen LogP contribution is 2.21. The Balaban J connectivity index is 1.71. The van der Waals surface area contributed by atoms with E-state index in [0.29, 0.717) is 6.04 Å². The molecule has 5 nitrogen and oxygen atoms in total. The lowest BCUT2D eigenvalue weighted by Crippen LogP contribution is -2.28. The van der Waals surface area contributed by atoms with Gasteiger partial charge in [-0.25, -0.2) is 9.50 Å². The van der Waals surface area contributed by atoms with Gasteiger partial charge in [0, 0.05) is 18.4 Å². The van der Waals surface area contributed by atoms with Crippen molar-refractivity contribution < 1.29 is 5.11 Å². The molecule has 1 saturated carbocycles. The molecule has 3 rings (SSSR count). The van der Waals surface area contributed by atoms with Crippen LogP contribution in [-0.2, 0) is 0 Å². The summed E-state index contributed by atoms with van der Waals surface area (Å²) in [5.74, 6) is 0.872. The van der Waals surface area contributed by atoms with Gasteiger partial charge in [0.05, 0.1) is 6.10 Å². The molecule has 17 heavy (non-hydrogen) atoms. The minimum atomic E-state index is -0.114. The Hall–Kier alpha value is -1.62. The Labute approximate surface area is 99.5 Å². The summed E-state index contributed by atoms with van der Waals surface area (Å²) in [5.41, 5.74) is 0.856. The Morgan fingerprint density at radius 3 is 2.88 bits per heavy atom. The second kappa shape index (κ2) is 4.33. The van der Waals surface area contributed by atoms with Crippen LogP contribution in [0.3, 0.4) is 0 Å². The minimum Gasteiger partial charge on any atom is -0.393 e. The van der Waals surface area contributed by atoms with E-state index in [2.05, 4.69) is 15.4 Å². The van der Waals surface area contributed by atoms with Crippen LogP contribution in [0.4, 0.5) is 5.82 Å². The van der Waals surface area contributed by atoms with E-state index in [4.69, 9.17) is 0 Å². The zero-order chi connectivity index (χ0) is 11.7. The average Bonchev–Trinajstić information content (AvgIpc) is 2.79. The van der Waals surface area contributed by atoms with Gasteiger partial charge >= 0.3 is 0 Å². The topological polar surface area (TPSA) is 62.5 Å². The highest BCUT2D eigenvalue weighted by molar-refractivity contribution is 5.44. The number of anilines is 1. The first kappa shape index (κ1) is 10.5. The molecular formula is C12H16N4O. The Kier molecular flexibility index (Phi) is 2.68. The van der Waals surface area contributed by atoms with E-state index < -0.39 is 0 Å². The molecule has 1 fully saturated rings. The van der Waals surface area contributed by atoms with E-state index in [1.807, 2.05) is 18.3 Å². The van der Waals surface area contributed by atoms with Gasteiger partial charge < -0.3 is 10.4 Å². The molecule has 0 atom stereocenters. The molecule has 1 aliphatic carbocycles. The molecule has 0 saturated heterocycles. The lowest BCUT2D eigenvalue weighted by molar-refractivity contribution is 0.126. The summed E-state index contributed by atoms with van der Waals surface area (Å²) < 4.78 is 1.76. The van der Waals surface area contributed by atoms with Crippen LogP contribution in [0, 0.1) is 0 Å². The van der Waals surface area contributed by atoms with Gasteiger partial charge in [-0.2, -0.15) is 0 Å². The molecule has 5 heteroatoms. The van der Waals surface area contributed by atoms with Crippen LogP contribution in [0.15, 0.2) is 24.5 Å². The van der Waals surface area contributed by atoms with Crippen molar-refractivity contribution in [3.8, 4) is 0 Å². The van der Waals surface area contributed by atoms with E-state index in [1.54, 1.807) is 10.7 Å². The van der Waals surface area contributed by atoms with Crippen molar-refractivity contribution >= 4 is 11.5 Å². The lowest BCUT2D eigenvalue weighted by Gasteiger charge is -2.26. The summed E-state index contributed by atoms with van der Waals surface area (Å²) in [6.07, 6.45) is 7.23. The number of fused-ring (bicyclic) bond motifs is 1. The Morgan fingerprint density at radius 2 is 2.06 bits per heavy atom. The molecular weight excluding hydrogens is 216 g/mol. The zero-order valence-corrected chi connectivity index (χ0v) is 9.58. The van der Waals surface area contributed by atoms with Gasteiger partial charge in [0.1, 0.15) is 5.82 Å². The highest BCUT2D eigenvalue weighted by atomic mass is 16.3. The molecule has 0 amide bonds. The second-order valence-electron chi connectivity index (χ2n) is 4.60. The maximum absolute atomic E-state index is 9.45. The van der Waals surface area contributed by atoms with Gasteiger partial charge in [-0.3, -0.25) is 0 Å². The standard InChI is InChI=1S/C12H16N4O/c17-10-3-1-9(2-4-10)14-11-5-6-12-13-7-8-16(12)15-11/h5-10,17H,1-4H2,(H,14,15)/t9-,10-. The summed E-state index contributed by atoms with van der Waals surface area (Å²) in [6, 6.07) is 4.33. The summed E-state index contributed by atoms with van der Waals surface area (Å²) in [7, 11) is 0. The molecule has 1 aliphatic rings. The lowest BCUT2D eigenvalue weighted by atomic mass is 9.93. The molecule has 0 spiro atoms. The van der Waals surface area contributed by atoms with Crippen LogP contribution in [0.5, 0.6) is 0 Å². The molecule has 2 aromatic rings. The molecule has 90 valence electrons. The van der Waals surface area contributed by atoms with Gasteiger partial charge in [0.2, 0.25) is 0 Å². The molecule has 0 radical (unpaired) electrons. The van der Waals surface area contributed by atoms with Crippen LogP contribution in [0.1, 0.15) is 25.7 Å². The first-order chi connectivity index (χ1) is 8.31. The fraction of sp³-hybridized carbons (Fsp3) is 0.500. The first-order valence-corrected chi connectivity index (χ1v) is 6.06. The van der Waals surface area contributed by atoms with Gasteiger partial charge in [-0.05, 0) is 37.8 Å². The number of aliphatic hydroxyl groups excluding tert-OH is 1. The number of nitrogens with zero attached hydrogens (tertiary/aromatic N) is 3. The summed E-state index contributed by atoms with van der Waals surface area (Å²) >= 11 is 0. The Bertz CT molecular complexity index is 502. The smallest absolute Gasteiger partial charge is 0.153 e. The predicted octanol–water partition coefficient (Wildman–Crippen LogP) is 1.44. The Morgan fingerprint density at radius 1 is 1.24 bits per heavy atom. The fourth-order valence-electron chi connectivity index (χ4n) is 2.32. The third-order valence-electron chi connectivity index (χ3n) is 3.30. The number of hydrogen-bond donors (Lipinski definition) is 2. The van der Waals surface area contributed by atoms with E-state index in [1.165, 1.54) is 0 Å². The monoisotopic (exact) mass is 232 g/mol. The second-order valence-corrected chi connectivity index (χ2v) is 4.60. The molecule has 2 N–H and O–H groups in total. The maximum atomic E-state index is 9.45. The minimum absolute atomic E-state index is 0.114. The first-order valence-electron chi connectivity index (χ1n) is 6.06. The number of rotatable bonds is 2. The quantitative estimate of drug-likeness (QED) is 0.822. The van der Waals surface area contributed by atoms with Gasteiger partial charge in [-0.1, -0.05) is 0 Å². The van der Waals surface area contributed by atoms with Crippen molar-refractivity contribution in [2.45, 2.75) is 37.8 Å². The molecule has 2 aromatic heterocycles. The van der Waals surface area contributed by atoms with Crippen molar-refractivity contribution in [2.75, 3.05) is 5.32 Å². The normalized spacial score (nSPS) is 25.0. The van der Waals surface area contributed by atoms with Crippen LogP contribution in [0.2, 0.25) is 0 Å². The number of aliphatic hydroxyl groups is 1. The molecule has 0 bridgehead atoms. The van der Waals surface area contributed by atoms with Crippen LogP contribution in [0.25, 0.3) is 5.65 Å². The largest absolute Gasteiger partial charge is 0.393 e. The molecule has 0 aliphatic heterocycles. The van der Waals surface area contributed by atoms with Gasteiger partial charge in [-0.15, -0.1) is 5.10 Å². The predicted molar refractivity (Wildman–Crippen MR) is 64.9 cm³/mol. The van der Waals surface area contributed by atoms with Gasteiger partial charge in [0.25, 0.3) is 0 Å². The summed E-state index contributed by atoms with van der Waals surface area (Å²) in [5, 5.41) is 17.3. The zero-order valence-electron chi connectivity index (χ0n) is 9.58. The number of nitrogens with one attached hydrogen (secondary N) is 1. The van der Waals surface area contributed by atoms with Crippen LogP contribution < -0.4 is 5.32 Å². The number of aromatic nitrogens is 3.